The number of carboxylic acid groups (broad SMARTS) is 1. The molecule has 1 aromatic carbocycles. The third-order valence-corrected chi connectivity index (χ3v) is 6.49. The van der Waals surface area contributed by atoms with Crippen molar-refractivity contribution in [2.24, 2.45) is 0 Å². The van der Waals surface area contributed by atoms with Crippen LogP contribution in [0.1, 0.15) is 141 Å². The van der Waals surface area contributed by atoms with E-state index in [-0.39, 0.29) is 28.6 Å². The SMILES string of the molecule is CCCCCCOc1c(O)c(C(=O)O)c(OCCCCCC)c(OCCCCCC)c1OCCCCCC. The molecular weight excluding hydrogens is 484 g/mol. The lowest BCUT2D eigenvalue weighted by Crippen LogP contribution is -2.13. The molecule has 38 heavy (non-hydrogen) atoms. The second-order valence-corrected chi connectivity index (χ2v) is 9.98. The van der Waals surface area contributed by atoms with E-state index in [9.17, 15) is 15.0 Å². The molecule has 7 nitrogen and oxygen atoms in total. The van der Waals surface area contributed by atoms with Crippen molar-refractivity contribution in [3.63, 3.8) is 0 Å². The highest BCUT2D eigenvalue weighted by molar-refractivity contribution is 5.97. The number of unbranched alkanes of at least 4 members (excludes halogenated alkanes) is 12. The molecule has 7 heteroatoms. The molecule has 0 saturated carbocycles. The number of carbonyl (C=O) groups is 1. The first kappa shape index (κ1) is 33.7. The van der Waals surface area contributed by atoms with Gasteiger partial charge < -0.3 is 29.2 Å². The average molecular weight is 539 g/mol. The van der Waals surface area contributed by atoms with Gasteiger partial charge in [0.25, 0.3) is 0 Å². The molecule has 0 bridgehead atoms. The van der Waals surface area contributed by atoms with Gasteiger partial charge in [0.1, 0.15) is 0 Å². The minimum Gasteiger partial charge on any atom is -0.503 e. The Hall–Kier alpha value is -2.31. The van der Waals surface area contributed by atoms with Gasteiger partial charge in [0, 0.05) is 0 Å². The molecule has 0 spiro atoms. The molecule has 2 N–H and O–H groups in total. The Balaban J connectivity index is 3.40. The van der Waals surface area contributed by atoms with Crippen molar-refractivity contribution in [2.75, 3.05) is 26.4 Å². The third-order valence-electron chi connectivity index (χ3n) is 6.49. The highest BCUT2D eigenvalue weighted by Crippen LogP contribution is 2.53. The van der Waals surface area contributed by atoms with Crippen LogP contribution in [-0.2, 0) is 0 Å². The summed E-state index contributed by atoms with van der Waals surface area (Å²) in [6, 6.07) is 0. The van der Waals surface area contributed by atoms with Crippen LogP contribution in [0.4, 0.5) is 0 Å². The molecule has 0 aliphatic rings. The number of rotatable bonds is 25. The maximum atomic E-state index is 12.4. The molecule has 0 heterocycles. The van der Waals surface area contributed by atoms with Crippen molar-refractivity contribution in [3.05, 3.63) is 5.56 Å². The fourth-order valence-corrected chi connectivity index (χ4v) is 4.19. The summed E-state index contributed by atoms with van der Waals surface area (Å²) in [5.41, 5.74) is -0.328. The van der Waals surface area contributed by atoms with Crippen LogP contribution in [0.3, 0.4) is 0 Å². The van der Waals surface area contributed by atoms with Crippen molar-refractivity contribution in [3.8, 4) is 28.7 Å². The average Bonchev–Trinajstić information content (AvgIpc) is 2.90. The van der Waals surface area contributed by atoms with Gasteiger partial charge in [0.15, 0.2) is 17.1 Å². The fourth-order valence-electron chi connectivity index (χ4n) is 4.19. The Labute approximate surface area is 231 Å². The molecule has 0 fully saturated rings. The van der Waals surface area contributed by atoms with Crippen molar-refractivity contribution < 1.29 is 34.0 Å². The predicted molar refractivity (Wildman–Crippen MR) is 154 cm³/mol. The molecule has 1 rings (SSSR count). The quantitative estimate of drug-likeness (QED) is 0.120. The second kappa shape index (κ2) is 21.6. The number of carboxylic acids is 1. The number of hydrogen-bond donors (Lipinski definition) is 2. The molecular formula is C31H54O7. The van der Waals surface area contributed by atoms with Gasteiger partial charge >= 0.3 is 5.97 Å². The van der Waals surface area contributed by atoms with Gasteiger partial charge in [-0.2, -0.15) is 0 Å². The minimum atomic E-state index is -1.28. The maximum Gasteiger partial charge on any atom is 0.343 e. The van der Waals surface area contributed by atoms with Crippen molar-refractivity contribution >= 4 is 5.97 Å². The van der Waals surface area contributed by atoms with Crippen LogP contribution in [0.2, 0.25) is 0 Å². The Morgan fingerprint density at radius 3 is 1.16 bits per heavy atom. The third kappa shape index (κ3) is 12.5. The van der Waals surface area contributed by atoms with Gasteiger partial charge in [-0.1, -0.05) is 105 Å². The van der Waals surface area contributed by atoms with Gasteiger partial charge in [0.05, 0.1) is 26.4 Å². The van der Waals surface area contributed by atoms with E-state index in [1.807, 2.05) is 0 Å². The Morgan fingerprint density at radius 2 is 0.816 bits per heavy atom. The van der Waals surface area contributed by atoms with Crippen LogP contribution in [-0.4, -0.2) is 42.6 Å². The number of benzene rings is 1. The van der Waals surface area contributed by atoms with Crippen molar-refractivity contribution in [1.82, 2.24) is 0 Å². The monoisotopic (exact) mass is 538 g/mol. The lowest BCUT2D eigenvalue weighted by Gasteiger charge is -2.23. The zero-order valence-corrected chi connectivity index (χ0v) is 24.6. The van der Waals surface area contributed by atoms with Gasteiger partial charge in [-0.15, -0.1) is 0 Å². The zero-order chi connectivity index (χ0) is 28.0. The summed E-state index contributed by atoms with van der Waals surface area (Å²) in [5.74, 6) is -1.20. The van der Waals surface area contributed by atoms with Crippen LogP contribution in [0.25, 0.3) is 0 Å². The lowest BCUT2D eigenvalue weighted by atomic mass is 10.1. The molecule has 0 aromatic heterocycles. The molecule has 220 valence electrons. The maximum absolute atomic E-state index is 12.4. The summed E-state index contributed by atoms with van der Waals surface area (Å²) < 4.78 is 24.4. The standard InChI is InChI=1S/C31H54O7/c1-5-9-13-17-21-35-27-25(31(33)34)26(32)28(36-22-18-14-10-6-2)30(38-24-20-16-12-8-4)29(27)37-23-19-15-11-7-3/h32H,5-24H2,1-4H3,(H,33,34). The van der Waals surface area contributed by atoms with E-state index in [0.717, 1.165) is 103 Å². The first-order chi connectivity index (χ1) is 18.5. The molecule has 0 saturated heterocycles. The van der Waals surface area contributed by atoms with Crippen LogP contribution in [0, 0.1) is 0 Å². The number of ether oxygens (including phenoxy) is 4. The van der Waals surface area contributed by atoms with Crippen LogP contribution < -0.4 is 18.9 Å². The smallest absolute Gasteiger partial charge is 0.343 e. The first-order valence-corrected chi connectivity index (χ1v) is 15.2. The highest BCUT2D eigenvalue weighted by Gasteiger charge is 2.32. The summed E-state index contributed by atoms with van der Waals surface area (Å²) in [7, 11) is 0. The second-order valence-electron chi connectivity index (χ2n) is 9.98. The van der Waals surface area contributed by atoms with E-state index < -0.39 is 11.7 Å². The number of phenols is 1. The fraction of sp³-hybridized carbons (Fsp3) is 0.774. The van der Waals surface area contributed by atoms with Gasteiger partial charge in [-0.3, -0.25) is 0 Å². The number of hydrogen-bond acceptors (Lipinski definition) is 6. The van der Waals surface area contributed by atoms with E-state index in [0.29, 0.717) is 26.4 Å². The highest BCUT2D eigenvalue weighted by atomic mass is 16.6. The lowest BCUT2D eigenvalue weighted by molar-refractivity contribution is 0.0685. The van der Waals surface area contributed by atoms with Crippen LogP contribution >= 0.6 is 0 Å². The van der Waals surface area contributed by atoms with Crippen LogP contribution in [0.5, 0.6) is 28.7 Å². The number of aromatic hydroxyl groups is 1. The van der Waals surface area contributed by atoms with E-state index >= 15 is 0 Å². The van der Waals surface area contributed by atoms with Gasteiger partial charge in [0.2, 0.25) is 17.2 Å². The van der Waals surface area contributed by atoms with Crippen molar-refractivity contribution in [1.29, 1.82) is 0 Å². The Morgan fingerprint density at radius 1 is 0.500 bits per heavy atom. The van der Waals surface area contributed by atoms with E-state index in [1.165, 1.54) is 0 Å². The predicted octanol–water partition coefficient (Wildman–Crippen LogP) is 8.93. The van der Waals surface area contributed by atoms with E-state index in [4.69, 9.17) is 18.9 Å². The number of aromatic carboxylic acids is 1. The van der Waals surface area contributed by atoms with Gasteiger partial charge in [-0.05, 0) is 25.7 Å². The zero-order valence-electron chi connectivity index (χ0n) is 24.6. The minimum absolute atomic E-state index is 0.0314. The first-order valence-electron chi connectivity index (χ1n) is 15.2. The Bertz CT molecular complexity index is 763. The van der Waals surface area contributed by atoms with E-state index in [1.54, 1.807) is 0 Å². The normalized spacial score (nSPS) is 10.9. The summed E-state index contributed by atoms with van der Waals surface area (Å²) in [4.78, 5) is 12.4. The summed E-state index contributed by atoms with van der Waals surface area (Å²) in [5, 5.41) is 21.2. The summed E-state index contributed by atoms with van der Waals surface area (Å²) in [6.45, 7) is 10.1. The topological polar surface area (TPSA) is 94.5 Å². The van der Waals surface area contributed by atoms with Gasteiger partial charge in [-0.25, -0.2) is 4.79 Å². The summed E-state index contributed by atoms with van der Waals surface area (Å²) in [6.07, 6.45) is 16.1. The molecule has 0 aliphatic carbocycles. The molecule has 0 unspecified atom stereocenters. The van der Waals surface area contributed by atoms with Crippen molar-refractivity contribution in [2.45, 2.75) is 130 Å². The molecule has 1 aromatic rings. The Kier molecular flexibility index (Phi) is 19.2. The van der Waals surface area contributed by atoms with E-state index in [2.05, 4.69) is 27.7 Å². The molecule has 0 atom stereocenters. The molecule has 0 aliphatic heterocycles. The molecule has 0 radical (unpaired) electrons. The molecule has 0 amide bonds. The van der Waals surface area contributed by atoms with Crippen LogP contribution in [0.15, 0.2) is 0 Å². The summed E-state index contributed by atoms with van der Waals surface area (Å²) >= 11 is 0. The largest absolute Gasteiger partial charge is 0.503 e.